The van der Waals surface area contributed by atoms with Crippen LogP contribution in [0.1, 0.15) is 5.56 Å². The lowest BCUT2D eigenvalue weighted by molar-refractivity contribution is 0.202. The number of urea groups is 1. The second-order valence-electron chi connectivity index (χ2n) is 9.90. The van der Waals surface area contributed by atoms with Crippen molar-refractivity contribution in [1.82, 2.24) is 29.3 Å². The van der Waals surface area contributed by atoms with Gasteiger partial charge in [-0.3, -0.25) is 9.58 Å². The zero-order valence-corrected chi connectivity index (χ0v) is 23.1. The van der Waals surface area contributed by atoms with Crippen molar-refractivity contribution in [1.29, 1.82) is 5.26 Å². The Labute approximate surface area is 237 Å². The molecule has 6 rings (SSSR count). The van der Waals surface area contributed by atoms with Crippen LogP contribution in [0.5, 0.6) is 5.75 Å². The Bertz CT molecular complexity index is 1760. The Morgan fingerprint density at radius 1 is 0.976 bits per heavy atom. The molecule has 5 aromatic rings. The fourth-order valence-corrected chi connectivity index (χ4v) is 5.23. The molecular formula is C30H29N9O2. The van der Waals surface area contributed by atoms with E-state index in [-0.39, 0.29) is 6.03 Å². The van der Waals surface area contributed by atoms with Gasteiger partial charge in [-0.25, -0.2) is 14.3 Å². The molecule has 206 valence electrons. The number of para-hydroxylation sites is 2. The number of amides is 2. The summed E-state index contributed by atoms with van der Waals surface area (Å²) >= 11 is 0. The van der Waals surface area contributed by atoms with Gasteiger partial charge < -0.3 is 14.5 Å². The molecule has 5 heterocycles. The third-order valence-electron chi connectivity index (χ3n) is 7.44. The standard InChI is InChI=1S/C30H29N9O2/c1-35-19-24(18-33-35)22-14-25(29-23(15-31)17-34-39(29)20-22)21-8-9-28(32-16-21)37-10-12-38(13-11-37)30(40)36(2)26-6-4-5-7-27(26)41-3/h4-9,14,16-20H,10-13H2,1-3H3. The molecule has 1 aliphatic rings. The lowest BCUT2D eigenvalue weighted by Gasteiger charge is -2.37. The fourth-order valence-electron chi connectivity index (χ4n) is 5.23. The third kappa shape index (κ3) is 4.80. The molecular weight excluding hydrogens is 518 g/mol. The number of hydrogen-bond acceptors (Lipinski definition) is 7. The maximum Gasteiger partial charge on any atom is 0.324 e. The fraction of sp³-hybridized carbons (Fsp3) is 0.233. The number of rotatable bonds is 5. The average molecular weight is 548 g/mol. The number of aryl methyl sites for hydroxylation is 1. The number of ether oxygens (including phenoxy) is 1. The topological polar surface area (TPSA) is 108 Å². The van der Waals surface area contributed by atoms with E-state index in [9.17, 15) is 10.1 Å². The molecule has 0 spiro atoms. The second-order valence-corrected chi connectivity index (χ2v) is 9.90. The number of piperazine rings is 1. The van der Waals surface area contributed by atoms with E-state index in [1.54, 1.807) is 40.6 Å². The van der Waals surface area contributed by atoms with E-state index in [4.69, 9.17) is 9.72 Å². The number of carbonyl (C=O) groups excluding carboxylic acids is 1. The van der Waals surface area contributed by atoms with Crippen LogP contribution in [0.2, 0.25) is 0 Å². The summed E-state index contributed by atoms with van der Waals surface area (Å²) in [6.45, 7) is 2.49. The van der Waals surface area contributed by atoms with E-state index in [0.29, 0.717) is 37.5 Å². The Morgan fingerprint density at radius 3 is 2.46 bits per heavy atom. The maximum atomic E-state index is 13.2. The molecule has 2 amide bonds. The van der Waals surface area contributed by atoms with Gasteiger partial charge in [-0.05, 0) is 30.3 Å². The second kappa shape index (κ2) is 10.7. The van der Waals surface area contributed by atoms with Crippen molar-refractivity contribution in [2.24, 2.45) is 7.05 Å². The van der Waals surface area contributed by atoms with E-state index >= 15 is 0 Å². The Balaban J connectivity index is 1.20. The number of fused-ring (bicyclic) bond motifs is 1. The molecule has 0 bridgehead atoms. The zero-order chi connectivity index (χ0) is 28.5. The first-order valence-electron chi connectivity index (χ1n) is 13.2. The van der Waals surface area contributed by atoms with Crippen molar-refractivity contribution < 1.29 is 9.53 Å². The average Bonchev–Trinajstić information content (AvgIpc) is 3.66. The molecule has 1 aliphatic heterocycles. The van der Waals surface area contributed by atoms with Gasteiger partial charge in [0.1, 0.15) is 17.6 Å². The van der Waals surface area contributed by atoms with Crippen LogP contribution in [0.4, 0.5) is 16.3 Å². The molecule has 11 nitrogen and oxygen atoms in total. The van der Waals surface area contributed by atoms with Crippen molar-refractivity contribution in [3.05, 3.63) is 79.0 Å². The van der Waals surface area contributed by atoms with Gasteiger partial charge >= 0.3 is 6.03 Å². The van der Waals surface area contributed by atoms with Crippen LogP contribution < -0.4 is 14.5 Å². The summed E-state index contributed by atoms with van der Waals surface area (Å²) in [6.07, 6.45) is 9.07. The van der Waals surface area contributed by atoms with Gasteiger partial charge in [-0.1, -0.05) is 12.1 Å². The van der Waals surface area contributed by atoms with Gasteiger partial charge in [0.25, 0.3) is 0 Å². The molecule has 0 N–H and O–H groups in total. The largest absolute Gasteiger partial charge is 0.495 e. The highest BCUT2D eigenvalue weighted by atomic mass is 16.5. The van der Waals surface area contributed by atoms with Crippen LogP contribution in [0.15, 0.2) is 73.4 Å². The van der Waals surface area contributed by atoms with Crippen molar-refractivity contribution in [3.63, 3.8) is 0 Å². The summed E-state index contributed by atoms with van der Waals surface area (Å²) in [5, 5.41) is 18.4. The lowest BCUT2D eigenvalue weighted by atomic mass is 10.0. The normalized spacial score (nSPS) is 13.3. The predicted octanol–water partition coefficient (Wildman–Crippen LogP) is 4.06. The van der Waals surface area contributed by atoms with Crippen LogP contribution in [0, 0.1) is 11.3 Å². The number of hydrogen-bond donors (Lipinski definition) is 0. The van der Waals surface area contributed by atoms with Crippen molar-refractivity contribution in [2.75, 3.05) is 50.1 Å². The molecule has 1 saturated heterocycles. The van der Waals surface area contributed by atoms with Crippen LogP contribution in [0.3, 0.4) is 0 Å². The van der Waals surface area contributed by atoms with E-state index in [1.165, 1.54) is 0 Å². The Kier molecular flexibility index (Phi) is 6.73. The first kappa shape index (κ1) is 25.9. The molecule has 41 heavy (non-hydrogen) atoms. The number of methoxy groups -OCH3 is 1. The quantitative estimate of drug-likeness (QED) is 0.327. The molecule has 0 atom stereocenters. The number of carbonyl (C=O) groups is 1. The number of aromatic nitrogens is 5. The highest BCUT2D eigenvalue weighted by Gasteiger charge is 2.26. The van der Waals surface area contributed by atoms with Crippen LogP contribution in [-0.4, -0.2) is 75.6 Å². The first-order valence-corrected chi connectivity index (χ1v) is 13.2. The van der Waals surface area contributed by atoms with Crippen molar-refractivity contribution >= 4 is 23.1 Å². The van der Waals surface area contributed by atoms with E-state index in [2.05, 4.69) is 21.2 Å². The van der Waals surface area contributed by atoms with Crippen LogP contribution in [-0.2, 0) is 7.05 Å². The summed E-state index contributed by atoms with van der Waals surface area (Å²) in [7, 11) is 5.25. The summed E-state index contributed by atoms with van der Waals surface area (Å²) < 4.78 is 8.92. The van der Waals surface area contributed by atoms with Gasteiger partial charge in [-0.2, -0.15) is 15.5 Å². The molecule has 0 unspecified atom stereocenters. The SMILES string of the molecule is COc1ccccc1N(C)C(=O)N1CCN(c2ccc(-c3cc(-c4cnn(C)c4)cn4ncc(C#N)c34)cn2)CC1. The Morgan fingerprint density at radius 2 is 1.78 bits per heavy atom. The molecule has 4 aromatic heterocycles. The van der Waals surface area contributed by atoms with Crippen molar-refractivity contribution in [3.8, 4) is 34.1 Å². The highest BCUT2D eigenvalue weighted by molar-refractivity contribution is 5.93. The minimum absolute atomic E-state index is 0.0657. The first-order chi connectivity index (χ1) is 20.0. The molecule has 0 radical (unpaired) electrons. The van der Waals surface area contributed by atoms with Gasteiger partial charge in [0.2, 0.25) is 0 Å². The van der Waals surface area contributed by atoms with E-state index < -0.39 is 0 Å². The van der Waals surface area contributed by atoms with Gasteiger partial charge in [0, 0.05) is 81.1 Å². The summed E-state index contributed by atoms with van der Waals surface area (Å²) in [4.78, 5) is 23.6. The number of nitriles is 1. The summed E-state index contributed by atoms with van der Waals surface area (Å²) in [5.41, 5.74) is 5.62. The highest BCUT2D eigenvalue weighted by Crippen LogP contribution is 2.32. The van der Waals surface area contributed by atoms with E-state index in [1.807, 2.05) is 73.0 Å². The number of benzene rings is 1. The molecule has 0 saturated carbocycles. The summed E-state index contributed by atoms with van der Waals surface area (Å²) in [5.74, 6) is 1.50. The minimum atomic E-state index is -0.0657. The monoisotopic (exact) mass is 547 g/mol. The number of pyridine rings is 2. The summed E-state index contributed by atoms with van der Waals surface area (Å²) in [6, 6.07) is 15.7. The van der Waals surface area contributed by atoms with E-state index in [0.717, 1.165) is 39.3 Å². The number of nitrogens with zero attached hydrogens (tertiary/aromatic N) is 9. The zero-order valence-electron chi connectivity index (χ0n) is 23.1. The van der Waals surface area contributed by atoms with Gasteiger partial charge in [-0.15, -0.1) is 0 Å². The van der Waals surface area contributed by atoms with Crippen LogP contribution in [0.25, 0.3) is 27.8 Å². The maximum absolute atomic E-state index is 13.2. The minimum Gasteiger partial charge on any atom is -0.495 e. The molecule has 0 aliphatic carbocycles. The van der Waals surface area contributed by atoms with Crippen molar-refractivity contribution in [2.45, 2.75) is 0 Å². The predicted molar refractivity (Wildman–Crippen MR) is 156 cm³/mol. The number of anilines is 2. The smallest absolute Gasteiger partial charge is 0.324 e. The Hall–Kier alpha value is -5.37. The van der Waals surface area contributed by atoms with Crippen LogP contribution >= 0.6 is 0 Å². The molecule has 1 aromatic carbocycles. The van der Waals surface area contributed by atoms with Gasteiger partial charge in [0.05, 0.1) is 36.3 Å². The third-order valence-corrected chi connectivity index (χ3v) is 7.44. The molecule has 11 heteroatoms. The lowest BCUT2D eigenvalue weighted by Crippen LogP contribution is -2.52. The molecule has 1 fully saturated rings. The van der Waals surface area contributed by atoms with Gasteiger partial charge in [0.15, 0.2) is 0 Å².